The second-order valence-corrected chi connectivity index (χ2v) is 7.09. The van der Waals surface area contributed by atoms with Gasteiger partial charge in [0.1, 0.15) is 0 Å². The maximum Gasteiger partial charge on any atom is 0.231 e. The minimum atomic E-state index is -0.623. The van der Waals surface area contributed by atoms with Crippen LogP contribution in [0.15, 0.2) is 54.6 Å². The fraction of sp³-hybridized carbons (Fsp3) is 0.240. The Morgan fingerprint density at radius 3 is 1.94 bits per heavy atom. The first-order valence-electron chi connectivity index (χ1n) is 9.97. The molecule has 32 heavy (non-hydrogen) atoms. The van der Waals surface area contributed by atoms with Gasteiger partial charge in [-0.3, -0.25) is 4.79 Å². The molecule has 166 valence electrons. The average molecular weight is 436 g/mol. The van der Waals surface area contributed by atoms with Crippen LogP contribution in [0, 0.1) is 0 Å². The first kappa shape index (κ1) is 21.4. The highest BCUT2D eigenvalue weighted by Gasteiger charge is 2.28. The van der Waals surface area contributed by atoms with Crippen molar-refractivity contribution < 1.29 is 33.2 Å². The van der Waals surface area contributed by atoms with Gasteiger partial charge in [0.05, 0.1) is 34.4 Å². The molecule has 3 aromatic carbocycles. The molecule has 7 nitrogen and oxygen atoms in total. The minimum absolute atomic E-state index is 0.114. The monoisotopic (exact) mass is 436 g/mol. The van der Waals surface area contributed by atoms with E-state index >= 15 is 0 Å². The number of benzene rings is 3. The lowest BCUT2D eigenvalue weighted by Crippen LogP contribution is -2.15. The molecule has 7 heteroatoms. The van der Waals surface area contributed by atoms with Crippen LogP contribution < -0.4 is 28.4 Å². The van der Waals surface area contributed by atoms with Gasteiger partial charge in [0.25, 0.3) is 0 Å². The maximum atomic E-state index is 13.8. The predicted octanol–water partition coefficient (Wildman–Crippen LogP) is 4.46. The fourth-order valence-corrected chi connectivity index (χ4v) is 3.78. The first-order chi connectivity index (χ1) is 15.6. The lowest BCUT2D eigenvalue weighted by Gasteiger charge is -2.20. The molecule has 0 radical (unpaired) electrons. The van der Waals surface area contributed by atoms with Gasteiger partial charge >= 0.3 is 0 Å². The van der Waals surface area contributed by atoms with Gasteiger partial charge in [-0.25, -0.2) is 0 Å². The van der Waals surface area contributed by atoms with Crippen LogP contribution in [0.5, 0.6) is 34.5 Å². The van der Waals surface area contributed by atoms with E-state index in [1.54, 1.807) is 45.6 Å². The lowest BCUT2D eigenvalue weighted by molar-refractivity contribution is 0.0973. The first-order valence-corrected chi connectivity index (χ1v) is 9.97. The van der Waals surface area contributed by atoms with Crippen molar-refractivity contribution in [1.29, 1.82) is 0 Å². The topological polar surface area (TPSA) is 72.5 Å². The van der Waals surface area contributed by atoms with Crippen LogP contribution in [-0.2, 0) is 0 Å². The van der Waals surface area contributed by atoms with Crippen LogP contribution in [0.2, 0.25) is 0 Å². The second-order valence-electron chi connectivity index (χ2n) is 7.09. The summed E-state index contributed by atoms with van der Waals surface area (Å²) >= 11 is 0. The number of ether oxygens (including phenoxy) is 6. The molecule has 0 bridgehead atoms. The average Bonchev–Trinajstić information content (AvgIpc) is 3.31. The number of hydrogen-bond acceptors (Lipinski definition) is 7. The summed E-state index contributed by atoms with van der Waals surface area (Å²) in [5.41, 5.74) is 2.00. The number of rotatable bonds is 8. The third kappa shape index (κ3) is 3.89. The predicted molar refractivity (Wildman–Crippen MR) is 118 cm³/mol. The van der Waals surface area contributed by atoms with E-state index < -0.39 is 5.92 Å². The number of fused-ring (bicyclic) bond motifs is 1. The van der Waals surface area contributed by atoms with Crippen molar-refractivity contribution in [3.63, 3.8) is 0 Å². The summed E-state index contributed by atoms with van der Waals surface area (Å²) in [7, 11) is 6.23. The summed E-state index contributed by atoms with van der Waals surface area (Å²) < 4.78 is 32.5. The molecule has 1 aliphatic rings. The van der Waals surface area contributed by atoms with E-state index in [0.717, 1.165) is 11.1 Å². The van der Waals surface area contributed by atoms with Gasteiger partial charge in [0.2, 0.25) is 6.79 Å². The number of hydrogen-bond donors (Lipinski definition) is 0. The van der Waals surface area contributed by atoms with Crippen LogP contribution in [0.1, 0.15) is 27.4 Å². The Bertz CT molecular complexity index is 1140. The highest BCUT2D eigenvalue weighted by molar-refractivity contribution is 6.03. The largest absolute Gasteiger partial charge is 0.493 e. The van der Waals surface area contributed by atoms with Gasteiger partial charge in [-0.15, -0.1) is 0 Å². The molecular formula is C25H24O7. The SMILES string of the molecule is COc1ccc(C(=O)C(c2ccc(OC)c(OC)c2)c2ccc3c(c2)OCO3)cc1OC. The number of carbonyl (C=O) groups is 1. The Hall–Kier alpha value is -3.87. The molecule has 1 atom stereocenters. The van der Waals surface area contributed by atoms with Gasteiger partial charge in [0.15, 0.2) is 40.3 Å². The molecule has 0 saturated carbocycles. The normalized spacial score (nSPS) is 12.8. The highest BCUT2D eigenvalue weighted by atomic mass is 16.7. The quantitative estimate of drug-likeness (QED) is 0.483. The highest BCUT2D eigenvalue weighted by Crippen LogP contribution is 2.40. The Morgan fingerprint density at radius 1 is 0.688 bits per heavy atom. The van der Waals surface area contributed by atoms with E-state index in [1.807, 2.05) is 30.3 Å². The molecule has 0 N–H and O–H groups in total. The van der Waals surface area contributed by atoms with E-state index in [2.05, 4.69) is 0 Å². The molecule has 4 rings (SSSR count). The molecular weight excluding hydrogens is 412 g/mol. The fourth-order valence-electron chi connectivity index (χ4n) is 3.78. The van der Waals surface area contributed by atoms with Crippen molar-refractivity contribution in [3.8, 4) is 34.5 Å². The third-order valence-electron chi connectivity index (χ3n) is 5.40. The van der Waals surface area contributed by atoms with Crippen LogP contribution in [0.3, 0.4) is 0 Å². The van der Waals surface area contributed by atoms with E-state index in [9.17, 15) is 4.79 Å². The number of methoxy groups -OCH3 is 4. The number of Topliss-reactive ketones (excluding diaryl/α,β-unsaturated/α-hetero) is 1. The Balaban J connectivity index is 1.83. The summed E-state index contributed by atoms with van der Waals surface area (Å²) in [6, 6.07) is 16.1. The molecule has 1 aliphatic heterocycles. The smallest absolute Gasteiger partial charge is 0.231 e. The van der Waals surface area contributed by atoms with E-state index in [-0.39, 0.29) is 12.6 Å². The Morgan fingerprint density at radius 2 is 1.25 bits per heavy atom. The van der Waals surface area contributed by atoms with Crippen LogP contribution >= 0.6 is 0 Å². The summed E-state index contributed by atoms with van der Waals surface area (Å²) in [6.07, 6.45) is 0. The second kappa shape index (κ2) is 9.09. The van der Waals surface area contributed by atoms with Crippen LogP contribution in [0.4, 0.5) is 0 Å². The standard InChI is InChI=1S/C25H24O7/c1-27-18-8-5-15(11-21(18)29-3)24(16-6-10-20-23(12-16)32-14-31-20)25(26)17-7-9-19(28-2)22(13-17)30-4/h5-13,24H,14H2,1-4H3. The van der Waals surface area contributed by atoms with Gasteiger partial charge in [-0.2, -0.15) is 0 Å². The van der Waals surface area contributed by atoms with Crippen molar-refractivity contribution in [2.75, 3.05) is 35.2 Å². The zero-order valence-corrected chi connectivity index (χ0v) is 18.3. The minimum Gasteiger partial charge on any atom is -0.493 e. The van der Waals surface area contributed by atoms with Crippen molar-refractivity contribution in [2.45, 2.75) is 5.92 Å². The maximum absolute atomic E-state index is 13.8. The zero-order valence-electron chi connectivity index (χ0n) is 18.3. The Kier molecular flexibility index (Phi) is 6.07. The Labute approximate surface area is 186 Å². The van der Waals surface area contributed by atoms with E-state index in [4.69, 9.17) is 28.4 Å². The van der Waals surface area contributed by atoms with Crippen molar-refractivity contribution in [1.82, 2.24) is 0 Å². The number of ketones is 1. The summed E-state index contributed by atoms with van der Waals surface area (Å²) in [4.78, 5) is 13.8. The van der Waals surface area contributed by atoms with Crippen molar-refractivity contribution in [3.05, 3.63) is 71.3 Å². The van der Waals surface area contributed by atoms with Crippen LogP contribution in [-0.4, -0.2) is 41.0 Å². The molecule has 0 spiro atoms. The zero-order chi connectivity index (χ0) is 22.7. The van der Waals surface area contributed by atoms with E-state index in [0.29, 0.717) is 40.1 Å². The van der Waals surface area contributed by atoms with Gasteiger partial charge in [-0.1, -0.05) is 12.1 Å². The van der Waals surface area contributed by atoms with Crippen molar-refractivity contribution >= 4 is 5.78 Å². The molecule has 0 amide bonds. The van der Waals surface area contributed by atoms with Crippen molar-refractivity contribution in [2.24, 2.45) is 0 Å². The van der Waals surface area contributed by atoms with Crippen LogP contribution in [0.25, 0.3) is 0 Å². The lowest BCUT2D eigenvalue weighted by atomic mass is 9.84. The molecule has 1 heterocycles. The molecule has 0 aromatic heterocycles. The third-order valence-corrected chi connectivity index (χ3v) is 5.40. The molecule has 0 fully saturated rings. The molecule has 0 aliphatic carbocycles. The van der Waals surface area contributed by atoms with Gasteiger partial charge < -0.3 is 28.4 Å². The molecule has 3 aromatic rings. The molecule has 1 unspecified atom stereocenters. The van der Waals surface area contributed by atoms with Gasteiger partial charge in [0, 0.05) is 5.56 Å². The summed E-state index contributed by atoms with van der Waals surface area (Å²) in [5.74, 6) is 2.67. The van der Waals surface area contributed by atoms with Gasteiger partial charge in [-0.05, 0) is 53.6 Å². The molecule has 0 saturated heterocycles. The number of carbonyl (C=O) groups excluding carboxylic acids is 1. The van der Waals surface area contributed by atoms with E-state index in [1.165, 1.54) is 7.11 Å². The summed E-state index contributed by atoms with van der Waals surface area (Å²) in [6.45, 7) is 0.156. The summed E-state index contributed by atoms with van der Waals surface area (Å²) in [5, 5.41) is 0.